The average molecular weight is 432 g/mol. The van der Waals surface area contributed by atoms with E-state index in [1.54, 1.807) is 0 Å². The van der Waals surface area contributed by atoms with E-state index in [1.165, 1.54) is 6.42 Å². The van der Waals surface area contributed by atoms with E-state index < -0.39 is 0 Å². The van der Waals surface area contributed by atoms with Gasteiger partial charge in [-0.1, -0.05) is 25.5 Å². The van der Waals surface area contributed by atoms with Gasteiger partial charge in [0.25, 0.3) is 5.91 Å². The highest BCUT2D eigenvalue weighted by Gasteiger charge is 2.27. The Morgan fingerprint density at radius 1 is 1.00 bits per heavy atom. The molecule has 5 rings (SSSR count). The molecule has 0 bridgehead atoms. The number of carbonyl (C=O) groups is 2. The van der Waals surface area contributed by atoms with Gasteiger partial charge in [0.05, 0.1) is 5.69 Å². The maximum Gasteiger partial charge on any atom is 0.254 e. The standard InChI is InChI=1S/C25H29N5O2/c1-2-21-8-3-4-15-29(21)25(32)19-11-9-17(10-12-19)23-28-27-22-14-13-20(16-30(22)23)26-24(31)18-6-5-7-18/h9-14,16,18,21H,2-8,15H2,1H3,(H,26,31)/t21-/m0/s1. The Bertz CT molecular complexity index is 1130. The molecule has 1 aromatic carbocycles. The van der Waals surface area contributed by atoms with Crippen LogP contribution in [0.25, 0.3) is 17.0 Å². The lowest BCUT2D eigenvalue weighted by molar-refractivity contribution is -0.122. The molecule has 3 heterocycles. The van der Waals surface area contributed by atoms with Crippen molar-refractivity contribution in [1.82, 2.24) is 19.5 Å². The van der Waals surface area contributed by atoms with Gasteiger partial charge in [-0.3, -0.25) is 14.0 Å². The fourth-order valence-corrected chi connectivity index (χ4v) is 4.70. The largest absolute Gasteiger partial charge is 0.336 e. The number of benzene rings is 1. The fraction of sp³-hybridized carbons (Fsp3) is 0.440. The summed E-state index contributed by atoms with van der Waals surface area (Å²) in [6.07, 6.45) is 9.28. The maximum atomic E-state index is 13.1. The molecule has 1 saturated carbocycles. The molecule has 0 unspecified atom stereocenters. The van der Waals surface area contributed by atoms with Crippen molar-refractivity contribution in [3.63, 3.8) is 0 Å². The quantitative estimate of drug-likeness (QED) is 0.643. The third kappa shape index (κ3) is 3.87. The lowest BCUT2D eigenvalue weighted by Crippen LogP contribution is -2.43. The SMILES string of the molecule is CC[C@H]1CCCCN1C(=O)c1ccc(-c2nnc3ccc(NC(=O)C4CCC4)cn23)cc1. The number of fused-ring (bicyclic) bond motifs is 1. The van der Waals surface area contributed by atoms with Crippen molar-refractivity contribution in [3.05, 3.63) is 48.2 Å². The molecule has 2 fully saturated rings. The van der Waals surface area contributed by atoms with Crippen LogP contribution in [0.3, 0.4) is 0 Å². The molecule has 1 aliphatic heterocycles. The van der Waals surface area contributed by atoms with Crippen LogP contribution in [0.5, 0.6) is 0 Å². The predicted molar refractivity (Wildman–Crippen MR) is 123 cm³/mol. The number of piperidine rings is 1. The van der Waals surface area contributed by atoms with Crippen LogP contribution in [0, 0.1) is 5.92 Å². The molecule has 1 aliphatic carbocycles. The van der Waals surface area contributed by atoms with Crippen LogP contribution in [0.15, 0.2) is 42.6 Å². The van der Waals surface area contributed by atoms with Crippen LogP contribution in [0.2, 0.25) is 0 Å². The minimum Gasteiger partial charge on any atom is -0.336 e. The second-order valence-electron chi connectivity index (χ2n) is 8.92. The van der Waals surface area contributed by atoms with Crippen LogP contribution in [0.4, 0.5) is 5.69 Å². The van der Waals surface area contributed by atoms with Gasteiger partial charge in [-0.05, 0) is 62.8 Å². The minimum absolute atomic E-state index is 0.0798. The number of carbonyl (C=O) groups excluding carboxylic acids is 2. The molecule has 2 aliphatic rings. The topological polar surface area (TPSA) is 79.6 Å². The first-order chi connectivity index (χ1) is 15.6. The van der Waals surface area contributed by atoms with Gasteiger partial charge in [0, 0.05) is 35.8 Å². The first-order valence-corrected chi connectivity index (χ1v) is 11.7. The van der Waals surface area contributed by atoms with Crippen molar-refractivity contribution >= 4 is 23.1 Å². The number of nitrogens with one attached hydrogen (secondary N) is 1. The van der Waals surface area contributed by atoms with E-state index in [2.05, 4.69) is 22.4 Å². The molecule has 2 aromatic heterocycles. The number of anilines is 1. The van der Waals surface area contributed by atoms with Crippen molar-refractivity contribution in [2.24, 2.45) is 5.92 Å². The van der Waals surface area contributed by atoms with Gasteiger partial charge in [-0.15, -0.1) is 10.2 Å². The lowest BCUT2D eigenvalue weighted by atomic mass is 9.85. The summed E-state index contributed by atoms with van der Waals surface area (Å²) in [5.41, 5.74) is 3.03. The molecule has 0 spiro atoms. The van der Waals surface area contributed by atoms with E-state index in [4.69, 9.17) is 0 Å². The van der Waals surface area contributed by atoms with E-state index in [1.807, 2.05) is 51.9 Å². The number of hydrogen-bond acceptors (Lipinski definition) is 4. The smallest absolute Gasteiger partial charge is 0.254 e. The van der Waals surface area contributed by atoms with Crippen LogP contribution in [-0.2, 0) is 4.79 Å². The molecule has 7 nitrogen and oxygen atoms in total. The van der Waals surface area contributed by atoms with Gasteiger partial charge >= 0.3 is 0 Å². The Labute approximate surface area is 187 Å². The average Bonchev–Trinajstić information content (AvgIpc) is 3.20. The molecule has 7 heteroatoms. The molecule has 1 saturated heterocycles. The first kappa shape index (κ1) is 20.7. The minimum atomic E-state index is 0.0798. The molecule has 32 heavy (non-hydrogen) atoms. The van der Waals surface area contributed by atoms with Crippen molar-refractivity contribution in [2.45, 2.75) is 57.9 Å². The molecular weight excluding hydrogens is 402 g/mol. The zero-order valence-corrected chi connectivity index (χ0v) is 18.5. The Hall–Kier alpha value is -3.22. The zero-order valence-electron chi connectivity index (χ0n) is 18.5. The van der Waals surface area contributed by atoms with E-state index >= 15 is 0 Å². The first-order valence-electron chi connectivity index (χ1n) is 11.7. The van der Waals surface area contributed by atoms with Gasteiger partial charge < -0.3 is 10.2 Å². The zero-order chi connectivity index (χ0) is 22.1. The van der Waals surface area contributed by atoms with Crippen molar-refractivity contribution < 1.29 is 9.59 Å². The van der Waals surface area contributed by atoms with Gasteiger partial charge in [0.1, 0.15) is 0 Å². The van der Waals surface area contributed by atoms with E-state index in [0.717, 1.165) is 56.3 Å². The second-order valence-corrected chi connectivity index (χ2v) is 8.92. The molecule has 2 amide bonds. The van der Waals surface area contributed by atoms with Crippen molar-refractivity contribution in [3.8, 4) is 11.4 Å². The van der Waals surface area contributed by atoms with Crippen LogP contribution in [-0.4, -0.2) is 43.9 Å². The highest BCUT2D eigenvalue weighted by Crippen LogP contribution is 2.28. The number of aromatic nitrogens is 3. The summed E-state index contributed by atoms with van der Waals surface area (Å²) in [7, 11) is 0. The summed E-state index contributed by atoms with van der Waals surface area (Å²) in [4.78, 5) is 27.4. The van der Waals surface area contributed by atoms with Crippen LogP contribution in [0.1, 0.15) is 62.2 Å². The molecular formula is C25H29N5O2. The Morgan fingerprint density at radius 2 is 1.81 bits per heavy atom. The van der Waals surface area contributed by atoms with Gasteiger partial charge in [-0.2, -0.15) is 0 Å². The Morgan fingerprint density at radius 3 is 2.53 bits per heavy atom. The normalized spacial score (nSPS) is 19.0. The summed E-state index contributed by atoms with van der Waals surface area (Å²) in [6.45, 7) is 2.99. The number of nitrogens with zero attached hydrogens (tertiary/aromatic N) is 4. The monoisotopic (exact) mass is 431 g/mol. The number of amides is 2. The summed E-state index contributed by atoms with van der Waals surface area (Å²) >= 11 is 0. The van der Waals surface area contributed by atoms with E-state index in [0.29, 0.717) is 23.1 Å². The highest BCUT2D eigenvalue weighted by atomic mass is 16.2. The fourth-order valence-electron chi connectivity index (χ4n) is 4.70. The molecule has 166 valence electrons. The predicted octanol–water partition coefficient (Wildman–Crippen LogP) is 4.54. The molecule has 1 atom stereocenters. The molecule has 0 radical (unpaired) electrons. The number of rotatable bonds is 5. The Balaban J connectivity index is 1.37. The third-order valence-corrected chi connectivity index (χ3v) is 6.90. The summed E-state index contributed by atoms with van der Waals surface area (Å²) < 4.78 is 1.88. The summed E-state index contributed by atoms with van der Waals surface area (Å²) in [6, 6.07) is 11.7. The maximum absolute atomic E-state index is 13.1. The van der Waals surface area contributed by atoms with Gasteiger partial charge in [-0.25, -0.2) is 0 Å². The number of pyridine rings is 1. The summed E-state index contributed by atoms with van der Waals surface area (Å²) in [5.74, 6) is 0.998. The molecule has 3 aromatic rings. The molecule has 1 N–H and O–H groups in total. The number of likely N-dealkylation sites (tertiary alicyclic amines) is 1. The van der Waals surface area contributed by atoms with Crippen LogP contribution < -0.4 is 5.32 Å². The van der Waals surface area contributed by atoms with Crippen LogP contribution >= 0.6 is 0 Å². The summed E-state index contributed by atoms with van der Waals surface area (Å²) in [5, 5.41) is 11.6. The van der Waals surface area contributed by atoms with Gasteiger partial charge in [0.15, 0.2) is 11.5 Å². The third-order valence-electron chi connectivity index (χ3n) is 6.90. The lowest BCUT2D eigenvalue weighted by Gasteiger charge is -2.35. The Kier molecular flexibility index (Phi) is 5.64. The van der Waals surface area contributed by atoms with Crippen molar-refractivity contribution in [1.29, 1.82) is 0 Å². The second kappa shape index (κ2) is 8.73. The van der Waals surface area contributed by atoms with Gasteiger partial charge in [0.2, 0.25) is 5.91 Å². The van der Waals surface area contributed by atoms with E-state index in [-0.39, 0.29) is 17.7 Å². The van der Waals surface area contributed by atoms with Crippen molar-refractivity contribution in [2.75, 3.05) is 11.9 Å². The number of hydrogen-bond donors (Lipinski definition) is 1. The highest BCUT2D eigenvalue weighted by molar-refractivity contribution is 5.95. The van der Waals surface area contributed by atoms with E-state index in [9.17, 15) is 9.59 Å².